The highest BCUT2D eigenvalue weighted by molar-refractivity contribution is 6.90. The molecule has 2 heteroatoms. The Morgan fingerprint density at radius 3 is 1.25 bits per heavy atom. The van der Waals surface area contributed by atoms with Gasteiger partial charge in [0.25, 0.3) is 0 Å². The van der Waals surface area contributed by atoms with Gasteiger partial charge < -0.3 is 4.74 Å². The Hall–Kier alpha value is -4.50. The Kier molecular flexibility index (Phi) is 7.98. The average molecular weight is 589 g/mol. The maximum Gasteiger partial charge on any atom is 0.146 e. The van der Waals surface area contributed by atoms with Crippen molar-refractivity contribution in [3.8, 4) is 29.1 Å². The fourth-order valence-electron chi connectivity index (χ4n) is 7.28. The number of ether oxygens (including phenoxy) is 1. The van der Waals surface area contributed by atoms with Gasteiger partial charge in [-0.1, -0.05) is 108 Å². The van der Waals surface area contributed by atoms with Crippen molar-refractivity contribution in [2.75, 3.05) is 7.11 Å². The van der Waals surface area contributed by atoms with Crippen LogP contribution in [0, 0.1) is 23.3 Å². The molecule has 0 bridgehead atoms. The molecule has 0 unspecified atom stereocenters. The van der Waals surface area contributed by atoms with Gasteiger partial charge in [-0.05, 0) is 108 Å². The van der Waals surface area contributed by atoms with Gasteiger partial charge in [-0.2, -0.15) is 0 Å². The number of methoxy groups -OCH3 is 1. The van der Waals surface area contributed by atoms with E-state index in [1.807, 2.05) is 24.3 Å². The lowest BCUT2D eigenvalue weighted by Crippen LogP contribution is -2.43. The maximum atomic E-state index is 5.37. The molecule has 0 aliphatic rings. The third kappa shape index (κ3) is 5.15. The van der Waals surface area contributed by atoms with Crippen LogP contribution in [-0.2, 0) is 0 Å². The van der Waals surface area contributed by atoms with Crippen molar-refractivity contribution in [1.82, 2.24) is 0 Å². The zero-order valence-corrected chi connectivity index (χ0v) is 27.9. The van der Waals surface area contributed by atoms with E-state index in [0.29, 0.717) is 16.6 Å². The molecule has 1 nitrogen and oxygen atoms in total. The second-order valence-corrected chi connectivity index (χ2v) is 18.4. The van der Waals surface area contributed by atoms with E-state index in [4.69, 9.17) is 4.74 Å². The zero-order valence-electron chi connectivity index (χ0n) is 26.9. The van der Waals surface area contributed by atoms with Gasteiger partial charge in [0, 0.05) is 16.7 Å². The lowest BCUT2D eigenvalue weighted by atomic mass is 9.89. The molecule has 0 aromatic heterocycles. The molecular formula is C42H40OSi. The van der Waals surface area contributed by atoms with Crippen molar-refractivity contribution in [2.45, 2.75) is 58.2 Å². The molecule has 218 valence electrons. The van der Waals surface area contributed by atoms with Crippen molar-refractivity contribution < 1.29 is 4.74 Å². The highest BCUT2D eigenvalue weighted by atomic mass is 28.3. The second kappa shape index (κ2) is 11.9. The van der Waals surface area contributed by atoms with Gasteiger partial charge in [0.05, 0.1) is 7.11 Å². The highest BCUT2D eigenvalue weighted by Crippen LogP contribution is 2.42. The molecule has 6 aromatic rings. The van der Waals surface area contributed by atoms with Gasteiger partial charge in [-0.3, -0.25) is 0 Å². The van der Waals surface area contributed by atoms with Crippen LogP contribution in [0.4, 0.5) is 0 Å². The predicted octanol–water partition coefficient (Wildman–Crippen LogP) is 11.3. The van der Waals surface area contributed by atoms with Gasteiger partial charge in [-0.15, -0.1) is 5.54 Å². The van der Waals surface area contributed by atoms with E-state index in [1.165, 1.54) is 32.3 Å². The first kappa shape index (κ1) is 29.6. The van der Waals surface area contributed by atoms with Gasteiger partial charge >= 0.3 is 0 Å². The number of fused-ring (bicyclic) bond motifs is 4. The number of hydrogen-bond donors (Lipinski definition) is 0. The molecule has 0 saturated heterocycles. The van der Waals surface area contributed by atoms with E-state index in [9.17, 15) is 0 Å². The topological polar surface area (TPSA) is 9.23 Å². The van der Waals surface area contributed by atoms with E-state index in [0.717, 1.165) is 33.2 Å². The molecular weight excluding hydrogens is 549 g/mol. The van der Waals surface area contributed by atoms with Crippen LogP contribution in [0.5, 0.6) is 5.75 Å². The SMILES string of the molecule is COc1ccc(C#Cc2c3cc4ccccc4cc3c(C#C[Si](C(C)C)(C(C)C)C(C)C)c3cc4ccccc4cc23)cc1. The van der Waals surface area contributed by atoms with E-state index in [1.54, 1.807) is 7.11 Å². The Morgan fingerprint density at radius 1 is 0.500 bits per heavy atom. The fourth-order valence-corrected chi connectivity index (χ4v) is 12.5. The highest BCUT2D eigenvalue weighted by Gasteiger charge is 2.41. The van der Waals surface area contributed by atoms with E-state index >= 15 is 0 Å². The molecule has 0 aliphatic heterocycles. The maximum absolute atomic E-state index is 5.37. The van der Waals surface area contributed by atoms with Crippen molar-refractivity contribution in [2.24, 2.45) is 0 Å². The summed E-state index contributed by atoms with van der Waals surface area (Å²) >= 11 is 0. The second-order valence-electron chi connectivity index (χ2n) is 12.9. The summed E-state index contributed by atoms with van der Waals surface area (Å²) in [5.41, 5.74) is 8.87. The summed E-state index contributed by atoms with van der Waals surface area (Å²) in [5.74, 6) is 11.9. The average Bonchev–Trinajstić information content (AvgIpc) is 3.02. The van der Waals surface area contributed by atoms with Crippen molar-refractivity contribution in [3.63, 3.8) is 0 Å². The minimum absolute atomic E-state index is 0.559. The molecule has 0 amide bonds. The first-order valence-corrected chi connectivity index (χ1v) is 18.0. The smallest absolute Gasteiger partial charge is 0.146 e. The minimum atomic E-state index is -1.97. The summed E-state index contributed by atoms with van der Waals surface area (Å²) in [6.07, 6.45) is 0. The Morgan fingerprint density at radius 2 is 0.886 bits per heavy atom. The molecule has 44 heavy (non-hydrogen) atoms. The Balaban J connectivity index is 1.76. The molecule has 0 heterocycles. The summed E-state index contributed by atoms with van der Waals surface area (Å²) in [6.45, 7) is 14.3. The number of rotatable bonds is 4. The first-order valence-electron chi connectivity index (χ1n) is 15.7. The summed E-state index contributed by atoms with van der Waals surface area (Å²) in [7, 11) is -0.284. The molecule has 0 fully saturated rings. The number of hydrogen-bond acceptors (Lipinski definition) is 1. The van der Waals surface area contributed by atoms with Crippen molar-refractivity contribution in [3.05, 3.63) is 114 Å². The quantitative estimate of drug-likeness (QED) is 0.113. The van der Waals surface area contributed by atoms with Gasteiger partial charge in [0.15, 0.2) is 0 Å². The van der Waals surface area contributed by atoms with Gasteiger partial charge in [0.1, 0.15) is 13.8 Å². The van der Waals surface area contributed by atoms with E-state index in [-0.39, 0.29) is 0 Å². The zero-order chi connectivity index (χ0) is 31.0. The van der Waals surface area contributed by atoms with Crippen LogP contribution in [0.15, 0.2) is 97.1 Å². The normalized spacial score (nSPS) is 11.8. The van der Waals surface area contributed by atoms with Crippen LogP contribution in [0.2, 0.25) is 16.6 Å². The predicted molar refractivity (Wildman–Crippen MR) is 193 cm³/mol. The lowest BCUT2D eigenvalue weighted by Gasteiger charge is -2.38. The van der Waals surface area contributed by atoms with E-state index < -0.39 is 8.07 Å². The molecule has 0 radical (unpaired) electrons. The third-order valence-electron chi connectivity index (χ3n) is 9.54. The van der Waals surface area contributed by atoms with Crippen LogP contribution in [-0.4, -0.2) is 15.2 Å². The number of benzene rings is 6. The summed E-state index contributed by atoms with van der Waals surface area (Å²) in [5, 5.41) is 9.53. The molecule has 0 N–H and O–H groups in total. The van der Waals surface area contributed by atoms with Crippen molar-refractivity contribution in [1.29, 1.82) is 0 Å². The lowest BCUT2D eigenvalue weighted by molar-refractivity contribution is 0.415. The summed E-state index contributed by atoms with van der Waals surface area (Å²) in [6, 6.07) is 34.5. The summed E-state index contributed by atoms with van der Waals surface area (Å²) in [4.78, 5) is 0. The van der Waals surface area contributed by atoms with Crippen LogP contribution in [0.1, 0.15) is 58.2 Å². The van der Waals surface area contributed by atoms with Crippen LogP contribution >= 0.6 is 0 Å². The summed E-state index contributed by atoms with van der Waals surface area (Å²) < 4.78 is 5.37. The van der Waals surface area contributed by atoms with Gasteiger partial charge in [-0.25, -0.2) is 0 Å². The minimum Gasteiger partial charge on any atom is -0.497 e. The molecule has 0 spiro atoms. The molecule has 0 atom stereocenters. The fraction of sp³-hybridized carbons (Fsp3) is 0.238. The van der Waals surface area contributed by atoms with Crippen molar-refractivity contribution >= 4 is 51.2 Å². The Labute approximate surface area is 263 Å². The monoisotopic (exact) mass is 588 g/mol. The molecule has 6 aromatic carbocycles. The molecule has 0 aliphatic carbocycles. The van der Waals surface area contributed by atoms with Crippen LogP contribution < -0.4 is 4.74 Å². The standard InChI is InChI=1S/C42H40OSi/c1-28(2)44(29(3)4,30(5)6)23-22-38-41-26-34-14-10-8-12-32(34)24-39(41)37(21-18-31-16-19-36(43-7)20-17-31)40-25-33-13-9-11-15-35(33)27-42(38)40/h8-17,19-20,24-30H,1-7H3. The largest absolute Gasteiger partial charge is 0.497 e. The molecule has 0 saturated carbocycles. The third-order valence-corrected chi connectivity index (χ3v) is 15.8. The van der Waals surface area contributed by atoms with E-state index in [2.05, 4.69) is 138 Å². The van der Waals surface area contributed by atoms with Gasteiger partial charge in [0.2, 0.25) is 0 Å². The van der Waals surface area contributed by atoms with Crippen LogP contribution in [0.3, 0.4) is 0 Å². The first-order chi connectivity index (χ1) is 21.2. The Bertz CT molecular complexity index is 2030. The molecule has 6 rings (SSSR count). The van der Waals surface area contributed by atoms with Crippen LogP contribution in [0.25, 0.3) is 43.1 Å².